The first-order valence-corrected chi connectivity index (χ1v) is 3.77. The molecule has 12 heavy (non-hydrogen) atoms. The summed E-state index contributed by atoms with van der Waals surface area (Å²) in [6.07, 6.45) is 2.86. The van der Waals surface area contributed by atoms with E-state index in [0.29, 0.717) is 13.2 Å². The lowest BCUT2D eigenvalue weighted by molar-refractivity contribution is 0.110. The summed E-state index contributed by atoms with van der Waals surface area (Å²) in [5.41, 5.74) is 0. The number of hydrogen-bond acceptors (Lipinski definition) is 3. The maximum atomic E-state index is 8.11. The largest absolute Gasteiger partial charge is 0.394 e. The fourth-order valence-corrected chi connectivity index (χ4v) is 0.235. The molecule has 0 bridgehead atoms. The molecule has 0 saturated heterocycles. The van der Waals surface area contributed by atoms with E-state index in [-0.39, 0.29) is 6.61 Å². The summed E-state index contributed by atoms with van der Waals surface area (Å²) < 4.78 is 4.90. The van der Waals surface area contributed by atoms with Crippen molar-refractivity contribution in [3.63, 3.8) is 0 Å². The predicted molar refractivity (Wildman–Crippen MR) is 50.0 cm³/mol. The van der Waals surface area contributed by atoms with Gasteiger partial charge in [-0.15, -0.1) is 13.2 Å². The summed E-state index contributed by atoms with van der Waals surface area (Å²) in [5.74, 6) is 0. The van der Waals surface area contributed by atoms with Crippen LogP contribution in [0.3, 0.4) is 0 Å². The number of aliphatic hydroxyl groups excluding tert-OH is 2. The van der Waals surface area contributed by atoms with E-state index in [0.717, 1.165) is 0 Å². The molecule has 1 atom stereocenters. The first-order chi connectivity index (χ1) is 5.68. The molecule has 0 aromatic rings. The van der Waals surface area contributed by atoms with Gasteiger partial charge in [0.1, 0.15) is 0 Å². The van der Waals surface area contributed by atoms with Crippen LogP contribution < -0.4 is 0 Å². The van der Waals surface area contributed by atoms with Crippen LogP contribution in [0.4, 0.5) is 0 Å². The third kappa shape index (κ3) is 22.8. The van der Waals surface area contributed by atoms with Crippen molar-refractivity contribution >= 4 is 0 Å². The summed E-state index contributed by atoms with van der Waals surface area (Å²) >= 11 is 0. The number of ether oxygens (including phenoxy) is 1. The molecule has 0 aromatic carbocycles. The van der Waals surface area contributed by atoms with Crippen molar-refractivity contribution in [3.8, 4) is 0 Å². The lowest BCUT2D eigenvalue weighted by Crippen LogP contribution is -2.03. The summed E-state index contributed by atoms with van der Waals surface area (Å²) in [6.45, 7) is 9.57. The van der Waals surface area contributed by atoms with E-state index >= 15 is 0 Å². The molecule has 0 amide bonds. The van der Waals surface area contributed by atoms with Crippen LogP contribution in [0, 0.1) is 0 Å². The van der Waals surface area contributed by atoms with Gasteiger partial charge in [-0.1, -0.05) is 12.2 Å². The van der Waals surface area contributed by atoms with Gasteiger partial charge in [0.2, 0.25) is 0 Å². The second kappa shape index (κ2) is 13.0. The van der Waals surface area contributed by atoms with E-state index in [1.165, 1.54) is 6.92 Å². The fourth-order valence-electron chi connectivity index (χ4n) is 0.235. The minimum atomic E-state index is -0.560. The van der Waals surface area contributed by atoms with Crippen LogP contribution in [0.15, 0.2) is 25.3 Å². The Morgan fingerprint density at radius 2 is 1.67 bits per heavy atom. The molecule has 0 aliphatic carbocycles. The molecule has 72 valence electrons. The minimum absolute atomic E-state index is 0.139. The Kier molecular flexibility index (Phi) is 15.1. The van der Waals surface area contributed by atoms with Crippen LogP contribution in [0.5, 0.6) is 0 Å². The molecular weight excluding hydrogens is 156 g/mol. The molecule has 0 rings (SSSR count). The molecule has 0 aliphatic rings. The Morgan fingerprint density at radius 3 is 1.83 bits per heavy atom. The van der Waals surface area contributed by atoms with E-state index in [1.54, 1.807) is 12.2 Å². The van der Waals surface area contributed by atoms with Crippen LogP contribution in [0.2, 0.25) is 0 Å². The van der Waals surface area contributed by atoms with E-state index in [4.69, 9.17) is 14.9 Å². The Bertz CT molecular complexity index is 91.9. The maximum Gasteiger partial charge on any atom is 0.0742 e. The summed E-state index contributed by atoms with van der Waals surface area (Å²) in [5, 5.41) is 16.0. The van der Waals surface area contributed by atoms with Gasteiger partial charge in [0, 0.05) is 0 Å². The molecule has 0 saturated carbocycles. The average Bonchev–Trinajstić information content (AvgIpc) is 2.07. The monoisotopic (exact) mass is 174 g/mol. The zero-order chi connectivity index (χ0) is 9.82. The average molecular weight is 174 g/mol. The Balaban J connectivity index is 0. The zero-order valence-electron chi connectivity index (χ0n) is 7.57. The topological polar surface area (TPSA) is 49.7 Å². The third-order valence-corrected chi connectivity index (χ3v) is 0.736. The molecule has 3 nitrogen and oxygen atoms in total. The Morgan fingerprint density at radius 1 is 1.33 bits per heavy atom. The van der Waals surface area contributed by atoms with Crippen LogP contribution in [0.1, 0.15) is 6.92 Å². The second-order valence-corrected chi connectivity index (χ2v) is 2.15. The Hall–Kier alpha value is -0.640. The van der Waals surface area contributed by atoms with Gasteiger partial charge in [-0.05, 0) is 6.92 Å². The van der Waals surface area contributed by atoms with Crippen LogP contribution in [-0.4, -0.2) is 36.1 Å². The summed E-state index contributed by atoms with van der Waals surface area (Å²) in [6, 6.07) is 0. The zero-order valence-corrected chi connectivity index (χ0v) is 7.57. The Labute approximate surface area is 74.0 Å². The van der Waals surface area contributed by atoms with E-state index in [9.17, 15) is 0 Å². The van der Waals surface area contributed by atoms with Gasteiger partial charge in [-0.3, -0.25) is 0 Å². The highest BCUT2D eigenvalue weighted by molar-refractivity contribution is 4.68. The maximum absolute atomic E-state index is 8.11. The number of aliphatic hydroxyl groups is 2. The minimum Gasteiger partial charge on any atom is -0.394 e. The SMILES string of the molecule is C=CCOCC=C.CC(O)CO. The van der Waals surface area contributed by atoms with Crippen LogP contribution in [0.25, 0.3) is 0 Å². The second-order valence-electron chi connectivity index (χ2n) is 2.15. The van der Waals surface area contributed by atoms with Gasteiger partial charge in [0.05, 0.1) is 25.9 Å². The van der Waals surface area contributed by atoms with E-state index in [1.807, 2.05) is 0 Å². The standard InChI is InChI=1S/C6H10O.C3H8O2/c1-3-5-7-6-4-2;1-3(5)2-4/h3-4H,1-2,5-6H2;3-5H,2H2,1H3. The normalized spacial score (nSPS) is 10.9. The van der Waals surface area contributed by atoms with Crippen molar-refractivity contribution in [1.29, 1.82) is 0 Å². The van der Waals surface area contributed by atoms with Gasteiger partial charge in [-0.2, -0.15) is 0 Å². The van der Waals surface area contributed by atoms with Gasteiger partial charge in [-0.25, -0.2) is 0 Å². The van der Waals surface area contributed by atoms with Crippen molar-refractivity contribution in [2.24, 2.45) is 0 Å². The highest BCUT2D eigenvalue weighted by Crippen LogP contribution is 1.72. The van der Waals surface area contributed by atoms with Gasteiger partial charge in [0.25, 0.3) is 0 Å². The molecule has 0 radical (unpaired) electrons. The predicted octanol–water partition coefficient (Wildman–Crippen LogP) is 0.734. The van der Waals surface area contributed by atoms with Crippen molar-refractivity contribution in [3.05, 3.63) is 25.3 Å². The van der Waals surface area contributed by atoms with Crippen molar-refractivity contribution in [1.82, 2.24) is 0 Å². The molecule has 2 N–H and O–H groups in total. The highest BCUT2D eigenvalue weighted by Gasteiger charge is 1.83. The molecule has 0 fully saturated rings. The molecule has 0 aromatic heterocycles. The van der Waals surface area contributed by atoms with Crippen molar-refractivity contribution < 1.29 is 14.9 Å². The number of rotatable bonds is 5. The first kappa shape index (κ1) is 13.9. The molecule has 0 heterocycles. The molecular formula is C9H18O3. The van der Waals surface area contributed by atoms with E-state index < -0.39 is 6.10 Å². The van der Waals surface area contributed by atoms with Crippen molar-refractivity contribution in [2.75, 3.05) is 19.8 Å². The van der Waals surface area contributed by atoms with Gasteiger partial charge in [0.15, 0.2) is 0 Å². The smallest absolute Gasteiger partial charge is 0.0742 e. The van der Waals surface area contributed by atoms with Crippen LogP contribution >= 0.6 is 0 Å². The molecule has 1 unspecified atom stereocenters. The van der Waals surface area contributed by atoms with Gasteiger partial charge >= 0.3 is 0 Å². The highest BCUT2D eigenvalue weighted by atomic mass is 16.5. The lowest BCUT2D eigenvalue weighted by Gasteiger charge is -1.90. The number of hydrogen-bond donors (Lipinski definition) is 2. The molecule has 0 aliphatic heterocycles. The lowest BCUT2D eigenvalue weighted by atomic mass is 10.5. The van der Waals surface area contributed by atoms with E-state index in [2.05, 4.69) is 13.2 Å². The first-order valence-electron chi connectivity index (χ1n) is 3.77. The summed E-state index contributed by atoms with van der Waals surface area (Å²) in [7, 11) is 0. The third-order valence-electron chi connectivity index (χ3n) is 0.736. The molecule has 0 spiro atoms. The summed E-state index contributed by atoms with van der Waals surface area (Å²) in [4.78, 5) is 0. The molecule has 3 heteroatoms. The van der Waals surface area contributed by atoms with Crippen molar-refractivity contribution in [2.45, 2.75) is 13.0 Å². The quantitative estimate of drug-likeness (QED) is 0.477. The van der Waals surface area contributed by atoms with Crippen LogP contribution in [-0.2, 0) is 4.74 Å². The van der Waals surface area contributed by atoms with Gasteiger partial charge < -0.3 is 14.9 Å². The fraction of sp³-hybridized carbons (Fsp3) is 0.556.